The summed E-state index contributed by atoms with van der Waals surface area (Å²) in [6.45, 7) is 9.50. The number of para-hydroxylation sites is 1. The van der Waals surface area contributed by atoms with Crippen LogP contribution >= 0.6 is 0 Å². The van der Waals surface area contributed by atoms with Gasteiger partial charge in [0.15, 0.2) is 0 Å². The van der Waals surface area contributed by atoms with Crippen LogP contribution in [0.3, 0.4) is 0 Å². The maximum atomic E-state index is 14.0. The van der Waals surface area contributed by atoms with Crippen LogP contribution in [-0.4, -0.2) is 44.3 Å². The predicted octanol–water partition coefficient (Wildman–Crippen LogP) is 4.75. The Morgan fingerprint density at radius 3 is 2.16 bits per heavy atom. The molecule has 0 saturated heterocycles. The lowest BCUT2D eigenvalue weighted by atomic mass is 10.1. The van der Waals surface area contributed by atoms with E-state index in [0.29, 0.717) is 18.7 Å². The van der Waals surface area contributed by atoms with E-state index >= 15 is 0 Å². The fourth-order valence-corrected chi connectivity index (χ4v) is 5.89. The molecule has 0 aliphatic rings. The van der Waals surface area contributed by atoms with Gasteiger partial charge in [-0.2, -0.15) is 0 Å². The van der Waals surface area contributed by atoms with Gasteiger partial charge in [0, 0.05) is 13.1 Å². The third-order valence-corrected chi connectivity index (χ3v) is 8.22. The van der Waals surface area contributed by atoms with Crippen molar-refractivity contribution in [1.29, 1.82) is 0 Å². The lowest BCUT2D eigenvalue weighted by Gasteiger charge is -2.33. The second kappa shape index (κ2) is 12.7. The van der Waals surface area contributed by atoms with E-state index in [0.717, 1.165) is 26.6 Å². The Labute approximate surface area is 226 Å². The Hall–Kier alpha value is -3.65. The Morgan fingerprint density at radius 1 is 0.868 bits per heavy atom. The second-order valence-corrected chi connectivity index (χ2v) is 11.3. The molecule has 7 nitrogen and oxygen atoms in total. The molecule has 3 rings (SSSR count). The van der Waals surface area contributed by atoms with Crippen LogP contribution in [0.15, 0.2) is 77.7 Å². The Balaban J connectivity index is 2.07. The molecule has 3 aromatic carbocycles. The van der Waals surface area contributed by atoms with Crippen LogP contribution in [0.4, 0.5) is 5.69 Å². The number of rotatable bonds is 11. The molecular weight excluding hydrogens is 498 g/mol. The van der Waals surface area contributed by atoms with Crippen molar-refractivity contribution in [3.05, 3.63) is 95.1 Å². The van der Waals surface area contributed by atoms with Crippen LogP contribution in [-0.2, 0) is 26.2 Å². The minimum atomic E-state index is -4.08. The quantitative estimate of drug-likeness (QED) is 0.384. The highest BCUT2D eigenvalue weighted by Crippen LogP contribution is 2.27. The number of hydrogen-bond acceptors (Lipinski definition) is 4. The van der Waals surface area contributed by atoms with Crippen LogP contribution in [0.5, 0.6) is 0 Å². The minimum absolute atomic E-state index is 0.0974. The Kier molecular flexibility index (Phi) is 9.69. The fraction of sp³-hybridized carbons (Fsp3) is 0.333. The molecule has 0 radical (unpaired) electrons. The zero-order chi connectivity index (χ0) is 27.9. The van der Waals surface area contributed by atoms with Gasteiger partial charge in [-0.3, -0.25) is 13.9 Å². The molecule has 0 saturated carbocycles. The van der Waals surface area contributed by atoms with Gasteiger partial charge in [0.1, 0.15) is 12.6 Å². The number of amides is 2. The highest BCUT2D eigenvalue weighted by molar-refractivity contribution is 7.92. The molecule has 0 fully saturated rings. The van der Waals surface area contributed by atoms with E-state index in [1.165, 1.54) is 4.90 Å². The second-order valence-electron chi connectivity index (χ2n) is 9.44. The average molecular weight is 536 g/mol. The molecule has 8 heteroatoms. The number of nitrogens with zero attached hydrogens (tertiary/aromatic N) is 2. The Morgan fingerprint density at radius 2 is 1.55 bits per heavy atom. The largest absolute Gasteiger partial charge is 0.355 e. The average Bonchev–Trinajstić information content (AvgIpc) is 2.88. The molecule has 0 aliphatic carbocycles. The first-order chi connectivity index (χ1) is 18.1. The molecule has 0 bridgehead atoms. The maximum absolute atomic E-state index is 14.0. The molecule has 0 heterocycles. The van der Waals surface area contributed by atoms with Crippen molar-refractivity contribution in [3.63, 3.8) is 0 Å². The van der Waals surface area contributed by atoms with Crippen molar-refractivity contribution in [1.82, 2.24) is 10.2 Å². The van der Waals surface area contributed by atoms with E-state index < -0.39 is 28.5 Å². The minimum Gasteiger partial charge on any atom is -0.355 e. The zero-order valence-corrected chi connectivity index (χ0v) is 23.6. The summed E-state index contributed by atoms with van der Waals surface area (Å²) in [5, 5.41) is 2.82. The van der Waals surface area contributed by atoms with Crippen LogP contribution in [0.25, 0.3) is 0 Å². The van der Waals surface area contributed by atoms with Crippen LogP contribution in [0.1, 0.15) is 42.5 Å². The fourth-order valence-electron chi connectivity index (χ4n) is 4.41. The molecule has 3 aromatic rings. The number of anilines is 1. The maximum Gasteiger partial charge on any atom is 0.264 e. The van der Waals surface area contributed by atoms with Crippen molar-refractivity contribution < 1.29 is 18.0 Å². The summed E-state index contributed by atoms with van der Waals surface area (Å²) in [4.78, 5) is 28.6. The summed E-state index contributed by atoms with van der Waals surface area (Å²) in [6.07, 6.45) is 0.387. The van der Waals surface area contributed by atoms with Crippen LogP contribution in [0.2, 0.25) is 0 Å². The summed E-state index contributed by atoms with van der Waals surface area (Å²) < 4.78 is 29.0. The van der Waals surface area contributed by atoms with E-state index in [1.807, 2.05) is 71.0 Å². The van der Waals surface area contributed by atoms with Gasteiger partial charge >= 0.3 is 0 Å². The third kappa shape index (κ3) is 6.81. The summed E-state index contributed by atoms with van der Waals surface area (Å²) in [5.74, 6) is -0.719. The normalized spacial score (nSPS) is 12.0. The van der Waals surface area contributed by atoms with Gasteiger partial charge in [-0.05, 0) is 63.4 Å². The predicted molar refractivity (Wildman–Crippen MR) is 151 cm³/mol. The standard InChI is InChI=1S/C30H37N3O4S/c1-6-27(30(35)31-7-2)32(20-25-13-10-11-23(4)19-25)29(34)21-33(28-14-9-8-12-24(28)5)38(36,37)26-17-15-22(3)16-18-26/h8-19,27H,6-7,20-21H2,1-5H3,(H,31,35)/t27-/m0/s1. The highest BCUT2D eigenvalue weighted by atomic mass is 32.2. The molecular formula is C30H37N3O4S. The first-order valence-electron chi connectivity index (χ1n) is 12.9. The van der Waals surface area contributed by atoms with Gasteiger partial charge in [-0.1, -0.05) is 72.6 Å². The lowest BCUT2D eigenvalue weighted by molar-refractivity contribution is -0.140. The first kappa shape index (κ1) is 28.9. The van der Waals surface area contributed by atoms with Gasteiger partial charge < -0.3 is 10.2 Å². The SMILES string of the molecule is CCNC(=O)[C@H](CC)N(Cc1cccc(C)c1)C(=O)CN(c1ccccc1C)S(=O)(=O)c1ccc(C)cc1. The van der Waals surface area contributed by atoms with E-state index in [1.54, 1.807) is 36.4 Å². The summed E-state index contributed by atoms with van der Waals surface area (Å²) >= 11 is 0. The topological polar surface area (TPSA) is 86.8 Å². The monoisotopic (exact) mass is 535 g/mol. The molecule has 1 atom stereocenters. The molecule has 0 spiro atoms. The van der Waals surface area contributed by atoms with Crippen molar-refractivity contribution >= 4 is 27.5 Å². The van der Waals surface area contributed by atoms with Crippen LogP contribution < -0.4 is 9.62 Å². The molecule has 0 unspecified atom stereocenters. The third-order valence-electron chi connectivity index (χ3n) is 6.44. The molecule has 2 amide bonds. The van der Waals surface area contributed by atoms with E-state index in [2.05, 4.69) is 5.32 Å². The molecule has 202 valence electrons. The van der Waals surface area contributed by atoms with Gasteiger partial charge in [-0.25, -0.2) is 8.42 Å². The van der Waals surface area contributed by atoms with Gasteiger partial charge in [0.2, 0.25) is 11.8 Å². The van der Waals surface area contributed by atoms with Gasteiger partial charge in [-0.15, -0.1) is 0 Å². The number of benzene rings is 3. The summed E-state index contributed by atoms with van der Waals surface area (Å²) in [6, 6.07) is 20.6. The zero-order valence-electron chi connectivity index (χ0n) is 22.8. The lowest BCUT2D eigenvalue weighted by Crippen LogP contribution is -2.52. The number of carbonyl (C=O) groups excluding carboxylic acids is 2. The van der Waals surface area contributed by atoms with Crippen molar-refractivity contribution in [2.24, 2.45) is 0 Å². The summed E-state index contributed by atoms with van der Waals surface area (Å²) in [5.41, 5.74) is 3.97. The first-order valence-corrected chi connectivity index (χ1v) is 14.3. The molecule has 1 N–H and O–H groups in total. The van der Waals surface area contributed by atoms with Gasteiger partial charge in [0.25, 0.3) is 10.0 Å². The molecule has 0 aromatic heterocycles. The molecule has 0 aliphatic heterocycles. The number of aryl methyl sites for hydroxylation is 3. The number of sulfonamides is 1. The van der Waals surface area contributed by atoms with Crippen LogP contribution in [0, 0.1) is 20.8 Å². The Bertz CT molecular complexity index is 1370. The number of likely N-dealkylation sites (N-methyl/N-ethyl adjacent to an activating group) is 1. The van der Waals surface area contributed by atoms with E-state index in [-0.39, 0.29) is 17.3 Å². The van der Waals surface area contributed by atoms with Crippen molar-refractivity contribution in [2.75, 3.05) is 17.4 Å². The van der Waals surface area contributed by atoms with Crippen molar-refractivity contribution in [3.8, 4) is 0 Å². The van der Waals surface area contributed by atoms with E-state index in [4.69, 9.17) is 0 Å². The highest BCUT2D eigenvalue weighted by Gasteiger charge is 2.34. The van der Waals surface area contributed by atoms with Crippen molar-refractivity contribution in [2.45, 2.75) is 58.5 Å². The molecule has 38 heavy (non-hydrogen) atoms. The smallest absolute Gasteiger partial charge is 0.264 e. The van der Waals surface area contributed by atoms with E-state index in [9.17, 15) is 18.0 Å². The summed E-state index contributed by atoms with van der Waals surface area (Å²) in [7, 11) is -4.08. The number of hydrogen-bond donors (Lipinski definition) is 1. The number of carbonyl (C=O) groups is 2. The van der Waals surface area contributed by atoms with Gasteiger partial charge in [0.05, 0.1) is 10.6 Å². The number of nitrogens with one attached hydrogen (secondary N) is 1.